The van der Waals surface area contributed by atoms with Gasteiger partial charge in [0.1, 0.15) is 11.8 Å². The maximum absolute atomic E-state index is 13.1. The summed E-state index contributed by atoms with van der Waals surface area (Å²) in [7, 11) is 1.54. The molecule has 166 valence electrons. The van der Waals surface area contributed by atoms with Crippen LogP contribution in [0.3, 0.4) is 0 Å². The number of hydrogen-bond donors (Lipinski definition) is 4. The minimum atomic E-state index is -3.36. The first kappa shape index (κ1) is 24.4. The SMILES string of the molecule is COc1ccccc1C#CC#Cc1ccc(C(=O)NC(C(=O)NO)C(C)(O)C(F)F)cc1. The van der Waals surface area contributed by atoms with E-state index in [0.717, 1.165) is 5.48 Å². The van der Waals surface area contributed by atoms with Crippen LogP contribution in [-0.2, 0) is 4.79 Å². The molecule has 2 aromatic carbocycles. The molecule has 0 radical (unpaired) electrons. The standard InChI is InChI=1S/C23H20F2N2O5/c1-23(30,22(24)25)19(21(29)27-31)26-20(28)17-13-11-15(12-14-17)7-3-4-8-16-9-5-6-10-18(16)32-2/h5-6,9-14,19,22,30-31H,1-2H3,(H,26,28)(H,27,29). The highest BCUT2D eigenvalue weighted by Gasteiger charge is 2.46. The molecule has 2 aromatic rings. The van der Waals surface area contributed by atoms with Crippen LogP contribution in [-0.4, -0.2) is 47.3 Å². The Labute approximate surface area is 183 Å². The molecule has 0 aromatic heterocycles. The van der Waals surface area contributed by atoms with Crippen molar-refractivity contribution in [3.8, 4) is 29.4 Å². The van der Waals surface area contributed by atoms with Crippen molar-refractivity contribution in [1.82, 2.24) is 10.8 Å². The molecule has 2 atom stereocenters. The van der Waals surface area contributed by atoms with Gasteiger partial charge in [-0.25, -0.2) is 14.3 Å². The number of rotatable bonds is 6. The molecule has 0 spiro atoms. The van der Waals surface area contributed by atoms with E-state index in [2.05, 4.69) is 23.7 Å². The predicted molar refractivity (Wildman–Crippen MR) is 111 cm³/mol. The highest BCUT2D eigenvalue weighted by atomic mass is 19.3. The van der Waals surface area contributed by atoms with Crippen molar-refractivity contribution in [2.45, 2.75) is 25.0 Å². The van der Waals surface area contributed by atoms with Gasteiger partial charge in [-0.15, -0.1) is 0 Å². The van der Waals surface area contributed by atoms with E-state index < -0.39 is 29.9 Å². The van der Waals surface area contributed by atoms with Crippen LogP contribution < -0.4 is 15.5 Å². The van der Waals surface area contributed by atoms with E-state index in [1.165, 1.54) is 31.4 Å². The number of benzene rings is 2. The van der Waals surface area contributed by atoms with Gasteiger partial charge >= 0.3 is 0 Å². The largest absolute Gasteiger partial charge is 0.495 e. The quantitative estimate of drug-likeness (QED) is 0.310. The number of aliphatic hydroxyl groups is 1. The number of carbonyl (C=O) groups is 2. The Hall–Kier alpha value is -3.92. The third-order valence-corrected chi connectivity index (χ3v) is 4.39. The summed E-state index contributed by atoms with van der Waals surface area (Å²) in [5, 5.41) is 20.6. The first-order valence-electron chi connectivity index (χ1n) is 9.21. The molecular formula is C23H20F2N2O5. The second-order valence-corrected chi connectivity index (χ2v) is 6.69. The molecular weight excluding hydrogens is 422 g/mol. The number of nitrogens with one attached hydrogen (secondary N) is 2. The summed E-state index contributed by atoms with van der Waals surface area (Å²) < 4.78 is 31.3. The van der Waals surface area contributed by atoms with Crippen LogP contribution in [0.5, 0.6) is 5.75 Å². The number of halogens is 2. The third kappa shape index (κ3) is 6.05. The molecule has 2 rings (SSSR count). The minimum Gasteiger partial charge on any atom is -0.495 e. The molecule has 0 aliphatic carbocycles. The lowest BCUT2D eigenvalue weighted by atomic mass is 9.95. The topological polar surface area (TPSA) is 108 Å². The van der Waals surface area contributed by atoms with Gasteiger partial charge in [-0.3, -0.25) is 14.8 Å². The lowest BCUT2D eigenvalue weighted by Crippen LogP contribution is -2.61. The van der Waals surface area contributed by atoms with Gasteiger partial charge in [0.25, 0.3) is 18.2 Å². The number of hydrogen-bond acceptors (Lipinski definition) is 5. The van der Waals surface area contributed by atoms with Crippen LogP contribution in [0, 0.1) is 23.7 Å². The molecule has 0 aliphatic heterocycles. The molecule has 0 aliphatic rings. The van der Waals surface area contributed by atoms with E-state index in [-0.39, 0.29) is 5.56 Å². The summed E-state index contributed by atoms with van der Waals surface area (Å²) in [6.07, 6.45) is -3.36. The summed E-state index contributed by atoms with van der Waals surface area (Å²) >= 11 is 0. The van der Waals surface area contributed by atoms with Gasteiger partial charge in [-0.2, -0.15) is 0 Å². The first-order valence-corrected chi connectivity index (χ1v) is 9.21. The van der Waals surface area contributed by atoms with Crippen molar-refractivity contribution >= 4 is 11.8 Å². The molecule has 9 heteroatoms. The fraction of sp³-hybridized carbons (Fsp3) is 0.217. The number of alkyl halides is 2. The second-order valence-electron chi connectivity index (χ2n) is 6.69. The fourth-order valence-corrected chi connectivity index (χ4v) is 2.54. The van der Waals surface area contributed by atoms with Gasteiger partial charge < -0.3 is 15.2 Å². The second kappa shape index (κ2) is 10.9. The van der Waals surface area contributed by atoms with Crippen LogP contribution in [0.25, 0.3) is 0 Å². The predicted octanol–water partition coefficient (Wildman–Crippen LogP) is 1.72. The van der Waals surface area contributed by atoms with Gasteiger partial charge in [-0.1, -0.05) is 18.1 Å². The molecule has 0 bridgehead atoms. The summed E-state index contributed by atoms with van der Waals surface area (Å²) in [5.41, 5.74) is -0.525. The van der Waals surface area contributed by atoms with E-state index in [4.69, 9.17) is 9.94 Å². The van der Waals surface area contributed by atoms with Crippen molar-refractivity contribution in [3.63, 3.8) is 0 Å². The van der Waals surface area contributed by atoms with Crippen LogP contribution in [0.4, 0.5) is 8.78 Å². The first-order chi connectivity index (χ1) is 15.2. The van der Waals surface area contributed by atoms with E-state index in [9.17, 15) is 23.5 Å². The molecule has 0 fully saturated rings. The van der Waals surface area contributed by atoms with Crippen molar-refractivity contribution in [1.29, 1.82) is 0 Å². The van der Waals surface area contributed by atoms with E-state index in [0.29, 0.717) is 23.8 Å². The number of para-hydroxylation sites is 1. The lowest BCUT2D eigenvalue weighted by Gasteiger charge is -2.30. The molecule has 0 heterocycles. The van der Waals surface area contributed by atoms with Crippen molar-refractivity contribution in [2.24, 2.45) is 0 Å². The number of methoxy groups -OCH3 is 1. The molecule has 32 heavy (non-hydrogen) atoms. The number of carbonyl (C=O) groups excluding carboxylic acids is 2. The zero-order chi connectivity index (χ0) is 23.7. The molecule has 4 N–H and O–H groups in total. The normalized spacial score (nSPS) is 12.8. The minimum absolute atomic E-state index is 0.0245. The molecule has 2 unspecified atom stereocenters. The Balaban J connectivity index is 2.12. The summed E-state index contributed by atoms with van der Waals surface area (Å²) in [4.78, 5) is 24.0. The van der Waals surface area contributed by atoms with Crippen molar-refractivity contribution < 1.29 is 33.4 Å². The van der Waals surface area contributed by atoms with Crippen molar-refractivity contribution in [2.75, 3.05) is 7.11 Å². The molecule has 7 nitrogen and oxygen atoms in total. The maximum Gasteiger partial charge on any atom is 0.269 e. The average Bonchev–Trinajstić information content (AvgIpc) is 2.80. The average molecular weight is 442 g/mol. The number of hydroxylamine groups is 1. The van der Waals surface area contributed by atoms with Crippen LogP contribution in [0.15, 0.2) is 48.5 Å². The third-order valence-electron chi connectivity index (χ3n) is 4.39. The summed E-state index contributed by atoms with van der Waals surface area (Å²) in [6.45, 7) is 0.669. The van der Waals surface area contributed by atoms with Gasteiger partial charge in [-0.05, 0) is 61.1 Å². The Morgan fingerprint density at radius 2 is 1.69 bits per heavy atom. The smallest absolute Gasteiger partial charge is 0.269 e. The highest BCUT2D eigenvalue weighted by molar-refractivity contribution is 5.97. The Morgan fingerprint density at radius 1 is 1.06 bits per heavy atom. The van der Waals surface area contributed by atoms with Crippen LogP contribution in [0.2, 0.25) is 0 Å². The van der Waals surface area contributed by atoms with Gasteiger partial charge in [0.15, 0.2) is 5.60 Å². The molecule has 2 amide bonds. The van der Waals surface area contributed by atoms with Crippen LogP contribution >= 0.6 is 0 Å². The monoisotopic (exact) mass is 442 g/mol. The lowest BCUT2D eigenvalue weighted by molar-refractivity contribution is -0.149. The highest BCUT2D eigenvalue weighted by Crippen LogP contribution is 2.20. The van der Waals surface area contributed by atoms with Crippen molar-refractivity contribution in [3.05, 3.63) is 65.2 Å². The summed E-state index contributed by atoms with van der Waals surface area (Å²) in [5.74, 6) is 9.36. The van der Waals surface area contributed by atoms with E-state index >= 15 is 0 Å². The Kier molecular flexibility index (Phi) is 8.31. The maximum atomic E-state index is 13.1. The number of amides is 2. The molecule has 0 saturated heterocycles. The molecule has 0 saturated carbocycles. The number of ether oxygens (including phenoxy) is 1. The summed E-state index contributed by atoms with van der Waals surface area (Å²) in [6, 6.07) is 10.8. The van der Waals surface area contributed by atoms with Gasteiger partial charge in [0, 0.05) is 11.1 Å². The Bertz CT molecular complexity index is 1090. The van der Waals surface area contributed by atoms with Gasteiger partial charge in [0.2, 0.25) is 0 Å². The zero-order valence-electron chi connectivity index (χ0n) is 17.1. The van der Waals surface area contributed by atoms with E-state index in [1.54, 1.807) is 12.1 Å². The van der Waals surface area contributed by atoms with Gasteiger partial charge in [0.05, 0.1) is 12.7 Å². The zero-order valence-corrected chi connectivity index (χ0v) is 17.1. The van der Waals surface area contributed by atoms with E-state index in [1.807, 2.05) is 17.4 Å². The fourth-order valence-electron chi connectivity index (χ4n) is 2.54. The van der Waals surface area contributed by atoms with Crippen LogP contribution in [0.1, 0.15) is 28.4 Å². The Morgan fingerprint density at radius 3 is 2.28 bits per heavy atom.